The van der Waals surface area contributed by atoms with Crippen LogP contribution >= 0.6 is 0 Å². The van der Waals surface area contributed by atoms with Gasteiger partial charge in [0.25, 0.3) is 5.91 Å². The lowest BCUT2D eigenvalue weighted by Gasteiger charge is -2.33. The summed E-state index contributed by atoms with van der Waals surface area (Å²) in [6.45, 7) is 10.9. The highest BCUT2D eigenvalue weighted by molar-refractivity contribution is 5.80. The van der Waals surface area contributed by atoms with Crippen LogP contribution in [0.25, 0.3) is 0 Å². The fourth-order valence-corrected chi connectivity index (χ4v) is 3.69. The summed E-state index contributed by atoms with van der Waals surface area (Å²) in [5.41, 5.74) is 6.14. The Kier molecular flexibility index (Phi) is 6.36. The van der Waals surface area contributed by atoms with E-state index < -0.39 is 23.8 Å². The Bertz CT molecular complexity index is 832. The molecule has 0 aliphatic heterocycles. The van der Waals surface area contributed by atoms with Gasteiger partial charge in [-0.1, -0.05) is 58.9 Å². The van der Waals surface area contributed by atoms with E-state index in [0.717, 1.165) is 24.1 Å². The SMILES string of the molecule is CC(C)(C)CC(C)(C)c1ccc(OC(C(N)=O)c2ccc(C(F)(F)F)cc2)cc1. The first-order valence-electron chi connectivity index (χ1n) is 9.43. The molecule has 1 unspecified atom stereocenters. The van der Waals surface area contributed by atoms with Crippen molar-refractivity contribution < 1.29 is 22.7 Å². The molecule has 29 heavy (non-hydrogen) atoms. The molecule has 158 valence electrons. The molecular weight excluding hydrogens is 379 g/mol. The molecule has 1 atom stereocenters. The van der Waals surface area contributed by atoms with E-state index in [-0.39, 0.29) is 16.4 Å². The topological polar surface area (TPSA) is 52.3 Å². The monoisotopic (exact) mass is 407 g/mol. The molecule has 0 spiro atoms. The number of primary amides is 1. The Morgan fingerprint density at radius 2 is 1.38 bits per heavy atom. The average molecular weight is 407 g/mol. The second-order valence-corrected chi connectivity index (χ2v) is 9.17. The summed E-state index contributed by atoms with van der Waals surface area (Å²) in [7, 11) is 0. The maximum atomic E-state index is 12.7. The molecular formula is C23H28F3NO2. The van der Waals surface area contributed by atoms with Gasteiger partial charge in [-0.05, 0) is 47.1 Å². The van der Waals surface area contributed by atoms with Crippen LogP contribution in [-0.4, -0.2) is 5.91 Å². The van der Waals surface area contributed by atoms with Crippen molar-refractivity contribution in [2.75, 3.05) is 0 Å². The molecule has 0 bridgehead atoms. The van der Waals surface area contributed by atoms with E-state index >= 15 is 0 Å². The minimum atomic E-state index is -4.45. The zero-order chi connectivity index (χ0) is 22.0. The maximum Gasteiger partial charge on any atom is 0.416 e. The number of benzene rings is 2. The van der Waals surface area contributed by atoms with Gasteiger partial charge in [0.05, 0.1) is 5.56 Å². The fourth-order valence-electron chi connectivity index (χ4n) is 3.69. The maximum absolute atomic E-state index is 12.7. The summed E-state index contributed by atoms with van der Waals surface area (Å²) in [4.78, 5) is 11.8. The van der Waals surface area contributed by atoms with Crippen molar-refractivity contribution in [3.63, 3.8) is 0 Å². The number of nitrogens with two attached hydrogens (primary N) is 1. The Morgan fingerprint density at radius 3 is 1.79 bits per heavy atom. The lowest BCUT2D eigenvalue weighted by atomic mass is 9.72. The highest BCUT2D eigenvalue weighted by Gasteiger charge is 2.31. The van der Waals surface area contributed by atoms with Crippen LogP contribution in [0, 0.1) is 5.41 Å². The zero-order valence-electron chi connectivity index (χ0n) is 17.4. The van der Waals surface area contributed by atoms with Crippen LogP contribution in [0.2, 0.25) is 0 Å². The molecule has 0 radical (unpaired) electrons. The average Bonchev–Trinajstić information content (AvgIpc) is 2.57. The molecule has 1 amide bonds. The van der Waals surface area contributed by atoms with Gasteiger partial charge in [0.1, 0.15) is 5.75 Å². The van der Waals surface area contributed by atoms with E-state index in [1.807, 2.05) is 12.1 Å². The first-order valence-corrected chi connectivity index (χ1v) is 9.43. The van der Waals surface area contributed by atoms with Crippen molar-refractivity contribution in [2.45, 2.75) is 58.7 Å². The van der Waals surface area contributed by atoms with Crippen LogP contribution < -0.4 is 10.5 Å². The fraction of sp³-hybridized carbons (Fsp3) is 0.435. The summed E-state index contributed by atoms with van der Waals surface area (Å²) in [5, 5.41) is 0. The highest BCUT2D eigenvalue weighted by atomic mass is 19.4. The number of halogens is 3. The smallest absolute Gasteiger partial charge is 0.416 e. The van der Waals surface area contributed by atoms with Gasteiger partial charge in [-0.3, -0.25) is 4.79 Å². The molecule has 6 heteroatoms. The van der Waals surface area contributed by atoms with Gasteiger partial charge in [-0.15, -0.1) is 0 Å². The largest absolute Gasteiger partial charge is 0.476 e. The third kappa shape index (κ3) is 6.24. The van der Waals surface area contributed by atoms with E-state index in [4.69, 9.17) is 10.5 Å². The van der Waals surface area contributed by atoms with Crippen molar-refractivity contribution in [1.29, 1.82) is 0 Å². The normalized spacial score (nSPS) is 13.8. The summed E-state index contributed by atoms with van der Waals surface area (Å²) in [5.74, 6) is -0.356. The number of carbonyl (C=O) groups is 1. The van der Waals surface area contributed by atoms with Crippen LogP contribution in [-0.2, 0) is 16.4 Å². The number of carbonyl (C=O) groups excluding carboxylic acids is 1. The number of hydrogen-bond acceptors (Lipinski definition) is 2. The van der Waals surface area contributed by atoms with Crippen LogP contribution in [0.1, 0.15) is 63.8 Å². The Balaban J connectivity index is 2.20. The first kappa shape index (κ1) is 22.8. The molecule has 2 rings (SSSR count). The predicted octanol–water partition coefficient (Wildman–Crippen LogP) is 6.02. The van der Waals surface area contributed by atoms with Gasteiger partial charge >= 0.3 is 6.18 Å². The highest BCUT2D eigenvalue weighted by Crippen LogP contribution is 2.37. The molecule has 3 nitrogen and oxygen atoms in total. The lowest BCUT2D eigenvalue weighted by Crippen LogP contribution is -2.26. The third-order valence-corrected chi connectivity index (χ3v) is 4.66. The van der Waals surface area contributed by atoms with Gasteiger partial charge in [0.2, 0.25) is 6.10 Å². The number of alkyl halides is 3. The predicted molar refractivity (Wildman–Crippen MR) is 108 cm³/mol. The molecule has 0 aromatic heterocycles. The van der Waals surface area contributed by atoms with Crippen molar-refractivity contribution >= 4 is 5.91 Å². The van der Waals surface area contributed by atoms with Crippen LogP contribution in [0.5, 0.6) is 5.75 Å². The number of amides is 1. The summed E-state index contributed by atoms with van der Waals surface area (Å²) >= 11 is 0. The Hall–Kier alpha value is -2.50. The van der Waals surface area contributed by atoms with Crippen molar-refractivity contribution in [2.24, 2.45) is 11.1 Å². The Labute approximate surface area is 170 Å². The summed E-state index contributed by atoms with van der Waals surface area (Å²) in [6.07, 6.45) is -4.64. The summed E-state index contributed by atoms with van der Waals surface area (Å²) < 4.78 is 43.9. The minimum Gasteiger partial charge on any atom is -0.476 e. The van der Waals surface area contributed by atoms with Crippen LogP contribution in [0.3, 0.4) is 0 Å². The van der Waals surface area contributed by atoms with Crippen LogP contribution in [0.15, 0.2) is 48.5 Å². The van der Waals surface area contributed by atoms with Gasteiger partial charge in [0, 0.05) is 5.56 Å². The molecule has 0 saturated carbocycles. The number of hydrogen-bond donors (Lipinski definition) is 1. The molecule has 0 fully saturated rings. The summed E-state index contributed by atoms with van der Waals surface area (Å²) in [6, 6.07) is 11.6. The van der Waals surface area contributed by atoms with E-state index in [0.29, 0.717) is 5.75 Å². The van der Waals surface area contributed by atoms with Gasteiger partial charge in [-0.25, -0.2) is 0 Å². The van der Waals surface area contributed by atoms with Crippen molar-refractivity contribution in [1.82, 2.24) is 0 Å². The van der Waals surface area contributed by atoms with E-state index in [9.17, 15) is 18.0 Å². The number of rotatable bonds is 6. The Morgan fingerprint density at radius 1 is 0.897 bits per heavy atom. The lowest BCUT2D eigenvalue weighted by molar-refractivity contribution is -0.137. The molecule has 2 aromatic rings. The van der Waals surface area contributed by atoms with E-state index in [1.54, 1.807) is 12.1 Å². The standard InChI is InChI=1S/C23H28F3NO2/c1-21(2,3)14-22(4,5)16-10-12-18(13-11-16)29-19(20(27)28)15-6-8-17(9-7-15)23(24,25)26/h6-13,19H,14H2,1-5H3,(H2,27,28). The van der Waals surface area contributed by atoms with Crippen LogP contribution in [0.4, 0.5) is 13.2 Å². The molecule has 0 saturated heterocycles. The third-order valence-electron chi connectivity index (χ3n) is 4.66. The van der Waals surface area contributed by atoms with Crippen molar-refractivity contribution in [3.8, 4) is 5.75 Å². The second-order valence-electron chi connectivity index (χ2n) is 9.17. The van der Waals surface area contributed by atoms with Gasteiger partial charge < -0.3 is 10.5 Å². The molecule has 2 aromatic carbocycles. The van der Waals surface area contributed by atoms with E-state index in [1.165, 1.54) is 12.1 Å². The first-order chi connectivity index (χ1) is 13.2. The minimum absolute atomic E-state index is 0.0483. The molecule has 0 heterocycles. The zero-order valence-corrected chi connectivity index (χ0v) is 17.4. The molecule has 2 N–H and O–H groups in total. The van der Waals surface area contributed by atoms with Gasteiger partial charge in [0.15, 0.2) is 0 Å². The van der Waals surface area contributed by atoms with Gasteiger partial charge in [-0.2, -0.15) is 13.2 Å². The number of ether oxygens (including phenoxy) is 1. The molecule has 0 aliphatic rings. The van der Waals surface area contributed by atoms with E-state index in [2.05, 4.69) is 34.6 Å². The van der Waals surface area contributed by atoms with Crippen molar-refractivity contribution in [3.05, 3.63) is 65.2 Å². The molecule has 0 aliphatic carbocycles. The second kappa shape index (κ2) is 8.09. The quantitative estimate of drug-likeness (QED) is 0.636.